The van der Waals surface area contributed by atoms with Crippen LogP contribution >= 0.6 is 0 Å². The van der Waals surface area contributed by atoms with Crippen molar-refractivity contribution in [1.82, 2.24) is 0 Å². The van der Waals surface area contributed by atoms with E-state index in [1.165, 1.54) is 18.4 Å². The number of carbonyl (C=O) groups excluding carboxylic acids is 1. The summed E-state index contributed by atoms with van der Waals surface area (Å²) in [6.07, 6.45) is 4.27. The molecule has 0 aromatic heterocycles. The summed E-state index contributed by atoms with van der Waals surface area (Å²) in [6, 6.07) is 0. The van der Waals surface area contributed by atoms with Gasteiger partial charge in [-0.15, -0.1) is 0 Å². The van der Waals surface area contributed by atoms with Crippen molar-refractivity contribution in [3.63, 3.8) is 0 Å². The van der Waals surface area contributed by atoms with Gasteiger partial charge in [0, 0.05) is 6.42 Å². The number of hydrogen-bond acceptors (Lipinski definition) is 1. The van der Waals surface area contributed by atoms with Crippen molar-refractivity contribution in [2.45, 2.75) is 46.5 Å². The van der Waals surface area contributed by atoms with Gasteiger partial charge in [0.05, 0.1) is 0 Å². The smallest absolute Gasteiger partial charge is 0.158 e. The zero-order valence-electron chi connectivity index (χ0n) is 8.31. The van der Waals surface area contributed by atoms with Crippen LogP contribution in [0.5, 0.6) is 0 Å². The molecule has 0 N–H and O–H groups in total. The summed E-state index contributed by atoms with van der Waals surface area (Å²) in [6.45, 7) is 6.14. The number of rotatable bonds is 4. The topological polar surface area (TPSA) is 17.1 Å². The fourth-order valence-electron chi connectivity index (χ4n) is 1.46. The van der Waals surface area contributed by atoms with E-state index in [4.69, 9.17) is 0 Å². The molecule has 0 spiro atoms. The van der Waals surface area contributed by atoms with E-state index in [0.29, 0.717) is 5.78 Å². The van der Waals surface area contributed by atoms with Crippen LogP contribution in [0.4, 0.5) is 0 Å². The first kappa shape index (κ1) is 9.50. The average molecular weight is 166 g/mol. The van der Waals surface area contributed by atoms with Crippen LogP contribution in [0.1, 0.15) is 46.5 Å². The molecule has 1 fully saturated rings. The van der Waals surface area contributed by atoms with Gasteiger partial charge in [0.25, 0.3) is 0 Å². The summed E-state index contributed by atoms with van der Waals surface area (Å²) in [5, 5.41) is 0. The molecule has 1 heteroatoms. The Kier molecular flexibility index (Phi) is 3.07. The maximum atomic E-state index is 11.5. The summed E-state index contributed by atoms with van der Waals surface area (Å²) in [7, 11) is 0. The van der Waals surface area contributed by atoms with Crippen LogP contribution in [0.25, 0.3) is 0 Å². The normalized spacial score (nSPS) is 18.9. The van der Waals surface area contributed by atoms with Gasteiger partial charge in [-0.2, -0.15) is 0 Å². The Labute approximate surface area is 74.9 Å². The average Bonchev–Trinajstić information content (AvgIpc) is 2.84. The first-order valence-electron chi connectivity index (χ1n) is 4.87. The van der Waals surface area contributed by atoms with Gasteiger partial charge in [-0.3, -0.25) is 4.79 Å². The van der Waals surface area contributed by atoms with Gasteiger partial charge in [0.15, 0.2) is 5.78 Å². The van der Waals surface area contributed by atoms with Gasteiger partial charge in [-0.1, -0.05) is 12.5 Å². The van der Waals surface area contributed by atoms with Crippen LogP contribution in [0.15, 0.2) is 11.1 Å². The number of carbonyl (C=O) groups is 1. The highest BCUT2D eigenvalue weighted by Crippen LogP contribution is 2.37. The highest BCUT2D eigenvalue weighted by atomic mass is 16.1. The predicted molar refractivity (Wildman–Crippen MR) is 51.0 cm³/mol. The van der Waals surface area contributed by atoms with E-state index in [1.807, 2.05) is 6.92 Å². The van der Waals surface area contributed by atoms with Crippen LogP contribution in [0, 0.1) is 5.92 Å². The summed E-state index contributed by atoms with van der Waals surface area (Å²) in [4.78, 5) is 11.5. The quantitative estimate of drug-likeness (QED) is 0.586. The van der Waals surface area contributed by atoms with Crippen molar-refractivity contribution in [2.24, 2.45) is 5.92 Å². The third-order valence-corrected chi connectivity index (χ3v) is 2.68. The van der Waals surface area contributed by atoms with Gasteiger partial charge >= 0.3 is 0 Å². The Morgan fingerprint density at radius 3 is 2.33 bits per heavy atom. The largest absolute Gasteiger partial charge is 0.295 e. The molecule has 0 amide bonds. The number of allylic oxidation sites excluding steroid dienone is 2. The molecule has 0 aromatic rings. The van der Waals surface area contributed by atoms with E-state index in [9.17, 15) is 4.79 Å². The zero-order chi connectivity index (χ0) is 9.14. The van der Waals surface area contributed by atoms with Crippen LogP contribution < -0.4 is 0 Å². The second-order valence-electron chi connectivity index (χ2n) is 3.76. The first-order valence-corrected chi connectivity index (χ1v) is 4.87. The molecule has 12 heavy (non-hydrogen) atoms. The minimum Gasteiger partial charge on any atom is -0.295 e. The van der Waals surface area contributed by atoms with Gasteiger partial charge < -0.3 is 0 Å². The van der Waals surface area contributed by atoms with Crippen molar-refractivity contribution in [2.75, 3.05) is 0 Å². The predicted octanol–water partition coefficient (Wildman–Crippen LogP) is 3.10. The Morgan fingerprint density at radius 2 is 1.92 bits per heavy atom. The Hall–Kier alpha value is -0.590. The lowest BCUT2D eigenvalue weighted by Gasteiger charge is -2.04. The summed E-state index contributed by atoms with van der Waals surface area (Å²) < 4.78 is 0. The molecule has 0 bridgehead atoms. The Morgan fingerprint density at radius 1 is 1.33 bits per heavy atom. The number of hydrogen-bond donors (Lipinski definition) is 0. The molecule has 0 heterocycles. The van der Waals surface area contributed by atoms with Gasteiger partial charge in [0.1, 0.15) is 0 Å². The van der Waals surface area contributed by atoms with Crippen LogP contribution in [-0.4, -0.2) is 5.78 Å². The summed E-state index contributed by atoms with van der Waals surface area (Å²) in [5.74, 6) is 1.09. The zero-order valence-corrected chi connectivity index (χ0v) is 8.31. The molecule has 1 rings (SSSR count). The Bertz CT molecular complexity index is 209. The van der Waals surface area contributed by atoms with E-state index >= 15 is 0 Å². The fourth-order valence-corrected chi connectivity index (χ4v) is 1.46. The molecular formula is C11H18O. The number of Topliss-reactive ketones (excluding diaryl/α,β-unsaturated/α-hetero) is 1. The van der Waals surface area contributed by atoms with Crippen LogP contribution in [0.2, 0.25) is 0 Å². The number of ketones is 1. The van der Waals surface area contributed by atoms with E-state index in [1.54, 1.807) is 0 Å². The highest BCUT2D eigenvalue weighted by molar-refractivity contribution is 5.95. The van der Waals surface area contributed by atoms with Gasteiger partial charge in [0.2, 0.25) is 0 Å². The lowest BCUT2D eigenvalue weighted by atomic mass is 10.0. The summed E-state index contributed by atoms with van der Waals surface area (Å²) >= 11 is 0. The molecular weight excluding hydrogens is 148 g/mol. The monoisotopic (exact) mass is 166 g/mol. The Balaban J connectivity index is 2.59. The van der Waals surface area contributed by atoms with E-state index in [0.717, 1.165) is 24.3 Å². The van der Waals surface area contributed by atoms with Gasteiger partial charge in [-0.05, 0) is 44.6 Å². The molecule has 1 aliphatic carbocycles. The van der Waals surface area contributed by atoms with Crippen LogP contribution in [0.3, 0.4) is 0 Å². The first-order chi connectivity index (χ1) is 5.66. The third kappa shape index (κ3) is 2.20. The van der Waals surface area contributed by atoms with Crippen molar-refractivity contribution >= 4 is 5.78 Å². The minimum atomic E-state index is 0.349. The van der Waals surface area contributed by atoms with E-state index < -0.39 is 0 Å². The van der Waals surface area contributed by atoms with Crippen molar-refractivity contribution in [3.05, 3.63) is 11.1 Å². The molecule has 0 atom stereocenters. The maximum absolute atomic E-state index is 11.5. The molecule has 0 saturated heterocycles. The molecule has 0 aromatic carbocycles. The van der Waals surface area contributed by atoms with Gasteiger partial charge in [-0.25, -0.2) is 0 Å². The molecule has 0 radical (unpaired) electrons. The molecule has 1 aliphatic rings. The molecule has 68 valence electrons. The van der Waals surface area contributed by atoms with Crippen molar-refractivity contribution < 1.29 is 4.79 Å². The lowest BCUT2D eigenvalue weighted by molar-refractivity contribution is -0.115. The van der Waals surface area contributed by atoms with Crippen LogP contribution in [-0.2, 0) is 4.79 Å². The van der Waals surface area contributed by atoms with E-state index in [-0.39, 0.29) is 0 Å². The maximum Gasteiger partial charge on any atom is 0.158 e. The molecule has 1 nitrogen and oxygen atoms in total. The van der Waals surface area contributed by atoms with Crippen molar-refractivity contribution in [3.8, 4) is 0 Å². The third-order valence-electron chi connectivity index (χ3n) is 2.68. The fraction of sp³-hybridized carbons (Fsp3) is 0.727. The highest BCUT2D eigenvalue weighted by Gasteiger charge is 2.25. The summed E-state index contributed by atoms with van der Waals surface area (Å²) in [5.41, 5.74) is 2.37. The second-order valence-corrected chi connectivity index (χ2v) is 3.76. The lowest BCUT2D eigenvalue weighted by Crippen LogP contribution is -2.01. The molecule has 0 unspecified atom stereocenters. The second kappa shape index (κ2) is 3.88. The molecule has 1 saturated carbocycles. The van der Waals surface area contributed by atoms with E-state index in [2.05, 4.69) is 13.8 Å². The molecule has 0 aliphatic heterocycles. The minimum absolute atomic E-state index is 0.349. The van der Waals surface area contributed by atoms with Crippen molar-refractivity contribution in [1.29, 1.82) is 0 Å². The SMILES string of the molecule is CCCC(=O)/C(C)=C(/C)C1CC1. The standard InChI is InChI=1S/C11H18O/c1-4-5-11(12)9(3)8(2)10-6-7-10/h10H,4-7H2,1-3H3/b9-8-.